The average Bonchev–Trinajstić information content (AvgIpc) is 3.11. The van der Waals surface area contributed by atoms with Crippen LogP contribution in [0.3, 0.4) is 0 Å². The lowest BCUT2D eigenvalue weighted by Gasteiger charge is -2.33. The average molecular weight is 381 g/mol. The molecular weight excluding hydrogens is 354 g/mol. The summed E-state index contributed by atoms with van der Waals surface area (Å²) in [5.74, 6) is 0.889. The maximum absolute atomic E-state index is 13.2. The van der Waals surface area contributed by atoms with Gasteiger partial charge in [-0.05, 0) is 41.3 Å². The summed E-state index contributed by atoms with van der Waals surface area (Å²) in [6.07, 6.45) is 3.82. The second-order valence-electron chi connectivity index (χ2n) is 7.25. The van der Waals surface area contributed by atoms with Crippen molar-refractivity contribution < 1.29 is 14.6 Å². The Morgan fingerprint density at radius 2 is 2.00 bits per heavy atom. The topological polar surface area (TPSA) is 78.5 Å². The number of fused-ring (bicyclic) bond motifs is 1. The fraction of sp³-hybridized carbons (Fsp3) is 0.364. The zero-order chi connectivity index (χ0) is 20.1. The molecule has 2 heterocycles. The number of benzene rings is 1. The van der Waals surface area contributed by atoms with Gasteiger partial charge in [-0.25, -0.2) is 4.98 Å². The molecule has 0 aliphatic carbocycles. The summed E-state index contributed by atoms with van der Waals surface area (Å²) in [5, 5.41) is 10.9. The molecule has 28 heavy (non-hydrogen) atoms. The lowest BCUT2D eigenvalue weighted by atomic mass is 10.0. The largest absolute Gasteiger partial charge is 0.497 e. The van der Waals surface area contributed by atoms with Gasteiger partial charge in [-0.15, -0.1) is 0 Å². The highest BCUT2D eigenvalue weighted by Gasteiger charge is 2.26. The van der Waals surface area contributed by atoms with E-state index < -0.39 is 0 Å². The van der Waals surface area contributed by atoms with Crippen LogP contribution < -0.4 is 4.74 Å². The predicted octanol–water partition coefficient (Wildman–Crippen LogP) is 3.16. The molecule has 0 spiro atoms. The van der Waals surface area contributed by atoms with Crippen LogP contribution in [0.5, 0.6) is 5.75 Å². The van der Waals surface area contributed by atoms with E-state index >= 15 is 0 Å². The molecule has 1 amide bonds. The molecule has 3 aromatic rings. The second kappa shape index (κ2) is 8.89. The fourth-order valence-corrected chi connectivity index (χ4v) is 3.41. The van der Waals surface area contributed by atoms with Gasteiger partial charge in [-0.3, -0.25) is 4.79 Å². The van der Waals surface area contributed by atoms with E-state index in [1.165, 1.54) is 0 Å². The number of aliphatic hydroxyl groups excluding tert-OH is 1. The van der Waals surface area contributed by atoms with Crippen LogP contribution in [0.4, 0.5) is 0 Å². The minimum atomic E-state index is -0.252. The third-order valence-corrected chi connectivity index (χ3v) is 5.07. The molecule has 148 valence electrons. The number of nitrogens with one attached hydrogen (secondary N) is 1. The van der Waals surface area contributed by atoms with Crippen molar-refractivity contribution >= 4 is 16.9 Å². The van der Waals surface area contributed by atoms with Crippen molar-refractivity contribution in [2.75, 3.05) is 13.7 Å². The molecule has 0 bridgehead atoms. The number of aliphatic hydroxyl groups is 1. The zero-order valence-electron chi connectivity index (χ0n) is 16.6. The number of hydrogen-bond donors (Lipinski definition) is 2. The van der Waals surface area contributed by atoms with Crippen molar-refractivity contribution in [1.82, 2.24) is 14.9 Å². The minimum Gasteiger partial charge on any atom is -0.497 e. The summed E-state index contributed by atoms with van der Waals surface area (Å²) in [5.41, 5.74) is 2.68. The normalized spacial score (nSPS) is 12.3. The maximum Gasteiger partial charge on any atom is 0.227 e. The standard InChI is InChI=1S/C22H27N3O3/c1-15(2)20(14-26)25(13-16-6-8-18(28-3)9-7-16)21(27)11-17-12-24-22-19(17)5-4-10-23-22/h4-10,12,15,20,26H,11,13-14H2,1-3H3,(H,23,24)/t20-/m1/s1. The Balaban J connectivity index is 1.85. The highest BCUT2D eigenvalue weighted by Crippen LogP contribution is 2.21. The number of methoxy groups -OCH3 is 1. The Morgan fingerprint density at radius 3 is 2.64 bits per heavy atom. The number of carbonyl (C=O) groups is 1. The molecule has 0 fully saturated rings. The molecule has 0 saturated carbocycles. The van der Waals surface area contributed by atoms with Crippen LogP contribution in [0.25, 0.3) is 11.0 Å². The number of carbonyl (C=O) groups excluding carboxylic acids is 1. The van der Waals surface area contributed by atoms with Gasteiger partial charge in [-0.2, -0.15) is 0 Å². The smallest absolute Gasteiger partial charge is 0.227 e. The SMILES string of the molecule is COc1ccc(CN(C(=O)Cc2c[nH]c3ncccc23)[C@H](CO)C(C)C)cc1. The van der Waals surface area contributed by atoms with Gasteiger partial charge < -0.3 is 19.7 Å². The molecule has 1 atom stereocenters. The molecule has 3 rings (SSSR count). The Labute approximate surface area is 165 Å². The number of ether oxygens (including phenoxy) is 1. The predicted molar refractivity (Wildman–Crippen MR) is 109 cm³/mol. The van der Waals surface area contributed by atoms with Gasteiger partial charge in [0, 0.05) is 24.3 Å². The van der Waals surface area contributed by atoms with Crippen LogP contribution in [0.2, 0.25) is 0 Å². The van der Waals surface area contributed by atoms with E-state index in [0.717, 1.165) is 27.9 Å². The van der Waals surface area contributed by atoms with E-state index in [2.05, 4.69) is 9.97 Å². The molecule has 0 aliphatic rings. The molecule has 6 nitrogen and oxygen atoms in total. The number of pyridine rings is 1. The van der Waals surface area contributed by atoms with Gasteiger partial charge in [0.2, 0.25) is 5.91 Å². The van der Waals surface area contributed by atoms with Crippen LogP contribution in [0, 0.1) is 5.92 Å². The van der Waals surface area contributed by atoms with Crippen LogP contribution in [0.1, 0.15) is 25.0 Å². The van der Waals surface area contributed by atoms with E-state index in [0.29, 0.717) is 6.54 Å². The van der Waals surface area contributed by atoms with Gasteiger partial charge in [0.05, 0.1) is 26.2 Å². The first-order valence-corrected chi connectivity index (χ1v) is 9.47. The fourth-order valence-electron chi connectivity index (χ4n) is 3.41. The van der Waals surface area contributed by atoms with Gasteiger partial charge in [0.25, 0.3) is 0 Å². The number of rotatable bonds is 8. The lowest BCUT2D eigenvalue weighted by Crippen LogP contribution is -2.45. The van der Waals surface area contributed by atoms with Crippen molar-refractivity contribution in [1.29, 1.82) is 0 Å². The number of aromatic nitrogens is 2. The summed E-state index contributed by atoms with van der Waals surface area (Å²) in [7, 11) is 1.63. The minimum absolute atomic E-state index is 0.0201. The molecule has 1 aromatic carbocycles. The molecule has 0 saturated heterocycles. The quantitative estimate of drug-likeness (QED) is 0.628. The molecule has 2 N–H and O–H groups in total. The lowest BCUT2D eigenvalue weighted by molar-refractivity contribution is -0.135. The first kappa shape index (κ1) is 19.9. The van der Waals surface area contributed by atoms with Crippen molar-refractivity contribution in [3.05, 3.63) is 59.9 Å². The summed E-state index contributed by atoms with van der Waals surface area (Å²) < 4.78 is 5.21. The second-order valence-corrected chi connectivity index (χ2v) is 7.25. The molecule has 2 aromatic heterocycles. The number of nitrogens with zero attached hydrogens (tertiary/aromatic N) is 2. The Hall–Kier alpha value is -2.86. The van der Waals surface area contributed by atoms with E-state index in [4.69, 9.17) is 4.74 Å². The van der Waals surface area contributed by atoms with E-state index in [1.54, 1.807) is 18.2 Å². The van der Waals surface area contributed by atoms with Gasteiger partial charge in [0.1, 0.15) is 11.4 Å². The third-order valence-electron chi connectivity index (χ3n) is 5.07. The maximum atomic E-state index is 13.2. The van der Waals surface area contributed by atoms with Crippen molar-refractivity contribution in [3.8, 4) is 5.75 Å². The first-order chi connectivity index (χ1) is 13.5. The molecular formula is C22H27N3O3. The highest BCUT2D eigenvalue weighted by molar-refractivity contribution is 5.87. The number of amides is 1. The number of H-pyrrole nitrogens is 1. The first-order valence-electron chi connectivity index (χ1n) is 9.47. The molecule has 0 aliphatic heterocycles. The monoisotopic (exact) mass is 381 g/mol. The summed E-state index contributed by atoms with van der Waals surface area (Å²) in [6.45, 7) is 4.40. The number of aromatic amines is 1. The summed E-state index contributed by atoms with van der Waals surface area (Å²) in [4.78, 5) is 22.4. The van der Waals surface area contributed by atoms with Crippen molar-refractivity contribution in [2.45, 2.75) is 32.9 Å². The molecule has 6 heteroatoms. The van der Waals surface area contributed by atoms with E-state index in [-0.39, 0.29) is 30.9 Å². The summed E-state index contributed by atoms with van der Waals surface area (Å²) in [6, 6.07) is 11.2. The van der Waals surface area contributed by atoms with Crippen LogP contribution in [-0.2, 0) is 17.8 Å². The Kier molecular flexibility index (Phi) is 6.31. The van der Waals surface area contributed by atoms with Gasteiger partial charge in [0.15, 0.2) is 0 Å². The molecule has 0 radical (unpaired) electrons. The summed E-state index contributed by atoms with van der Waals surface area (Å²) >= 11 is 0. The van der Waals surface area contributed by atoms with E-state index in [1.807, 2.05) is 56.4 Å². The Bertz CT molecular complexity index is 918. The highest BCUT2D eigenvalue weighted by atomic mass is 16.5. The van der Waals surface area contributed by atoms with Gasteiger partial charge >= 0.3 is 0 Å². The molecule has 0 unspecified atom stereocenters. The van der Waals surface area contributed by atoms with Crippen LogP contribution >= 0.6 is 0 Å². The van der Waals surface area contributed by atoms with Crippen molar-refractivity contribution in [3.63, 3.8) is 0 Å². The van der Waals surface area contributed by atoms with E-state index in [9.17, 15) is 9.90 Å². The van der Waals surface area contributed by atoms with Crippen LogP contribution in [0.15, 0.2) is 48.8 Å². The van der Waals surface area contributed by atoms with Crippen LogP contribution in [-0.4, -0.2) is 45.6 Å². The Morgan fingerprint density at radius 1 is 1.25 bits per heavy atom. The van der Waals surface area contributed by atoms with Crippen molar-refractivity contribution in [2.24, 2.45) is 5.92 Å². The third kappa shape index (κ3) is 4.34. The van der Waals surface area contributed by atoms with Gasteiger partial charge in [-0.1, -0.05) is 26.0 Å². The number of hydrogen-bond acceptors (Lipinski definition) is 4. The zero-order valence-corrected chi connectivity index (χ0v) is 16.6.